The second-order valence-electron chi connectivity index (χ2n) is 6.86. The Morgan fingerprint density at radius 1 is 0.943 bits per heavy atom. The second kappa shape index (κ2) is 11.8. The smallest absolute Gasteiger partial charge is 0.343 e. The van der Waals surface area contributed by atoms with E-state index >= 15 is 0 Å². The van der Waals surface area contributed by atoms with Crippen molar-refractivity contribution in [3.05, 3.63) is 88.0 Å². The van der Waals surface area contributed by atoms with Gasteiger partial charge in [-0.05, 0) is 60.2 Å². The standard InChI is InChI=1S/C24H21N3O8/c1-32-19-8-10-20(11-9-19)34-15-23(28)26-25-14-16-3-12-21(22(13-16)33-2)35-24(29)17-4-6-18(7-5-17)27(30)31/h3-14H,15H2,1-2H3,(H,26,28)/b25-14+. The number of carbonyl (C=O) groups is 2. The van der Waals surface area contributed by atoms with Crippen LogP contribution < -0.4 is 24.4 Å². The monoisotopic (exact) mass is 479 g/mol. The largest absolute Gasteiger partial charge is 0.497 e. The molecule has 0 aromatic heterocycles. The van der Waals surface area contributed by atoms with Gasteiger partial charge >= 0.3 is 5.97 Å². The van der Waals surface area contributed by atoms with Crippen LogP contribution >= 0.6 is 0 Å². The van der Waals surface area contributed by atoms with Crippen LogP contribution in [0.2, 0.25) is 0 Å². The molecule has 0 radical (unpaired) electrons. The van der Waals surface area contributed by atoms with Gasteiger partial charge in [0.1, 0.15) is 11.5 Å². The Morgan fingerprint density at radius 3 is 2.26 bits per heavy atom. The van der Waals surface area contributed by atoms with Gasteiger partial charge in [-0.25, -0.2) is 10.2 Å². The van der Waals surface area contributed by atoms with Crippen molar-refractivity contribution in [2.45, 2.75) is 0 Å². The van der Waals surface area contributed by atoms with E-state index < -0.39 is 16.8 Å². The zero-order valence-corrected chi connectivity index (χ0v) is 18.8. The molecule has 3 rings (SSSR count). The molecule has 0 heterocycles. The van der Waals surface area contributed by atoms with Gasteiger partial charge in [0.05, 0.1) is 30.9 Å². The minimum Gasteiger partial charge on any atom is -0.497 e. The Hall–Kier alpha value is -4.93. The van der Waals surface area contributed by atoms with Crippen LogP contribution in [0.15, 0.2) is 71.8 Å². The number of nitrogens with one attached hydrogen (secondary N) is 1. The molecule has 35 heavy (non-hydrogen) atoms. The second-order valence-corrected chi connectivity index (χ2v) is 6.86. The molecular weight excluding hydrogens is 458 g/mol. The van der Waals surface area contributed by atoms with E-state index in [1.165, 1.54) is 43.7 Å². The molecule has 3 aromatic rings. The SMILES string of the molecule is COc1ccc(OCC(=O)N/N=C/c2ccc(OC(=O)c3ccc([N+](=O)[O-])cc3)c(OC)c2)cc1. The van der Waals surface area contributed by atoms with Gasteiger partial charge in [-0.1, -0.05) is 0 Å². The molecule has 0 aliphatic carbocycles. The molecule has 11 nitrogen and oxygen atoms in total. The summed E-state index contributed by atoms with van der Waals surface area (Å²) in [6.45, 7) is -0.232. The summed E-state index contributed by atoms with van der Waals surface area (Å²) in [6.07, 6.45) is 1.38. The maximum absolute atomic E-state index is 12.4. The van der Waals surface area contributed by atoms with Gasteiger partial charge < -0.3 is 18.9 Å². The first kappa shape index (κ1) is 24.7. The molecule has 0 atom stereocenters. The highest BCUT2D eigenvalue weighted by Crippen LogP contribution is 2.28. The number of ether oxygens (including phenoxy) is 4. The quantitative estimate of drug-likeness (QED) is 0.154. The maximum atomic E-state index is 12.4. The summed E-state index contributed by atoms with van der Waals surface area (Å²) in [4.78, 5) is 34.5. The molecule has 0 aliphatic rings. The number of carbonyl (C=O) groups excluding carboxylic acids is 2. The van der Waals surface area contributed by atoms with E-state index in [-0.39, 0.29) is 29.4 Å². The van der Waals surface area contributed by atoms with Crippen molar-refractivity contribution in [1.82, 2.24) is 5.43 Å². The Labute approximate surface area is 200 Å². The highest BCUT2D eigenvalue weighted by atomic mass is 16.6. The predicted molar refractivity (Wildman–Crippen MR) is 125 cm³/mol. The van der Waals surface area contributed by atoms with Crippen molar-refractivity contribution in [2.75, 3.05) is 20.8 Å². The van der Waals surface area contributed by atoms with Crippen LogP contribution in [0, 0.1) is 10.1 Å². The summed E-state index contributed by atoms with van der Waals surface area (Å²) >= 11 is 0. The third-order valence-corrected chi connectivity index (χ3v) is 4.54. The van der Waals surface area contributed by atoms with Gasteiger partial charge in [0.2, 0.25) is 0 Å². The van der Waals surface area contributed by atoms with Crippen molar-refractivity contribution in [1.29, 1.82) is 0 Å². The number of rotatable bonds is 10. The van der Waals surface area contributed by atoms with E-state index in [1.54, 1.807) is 43.5 Å². The van der Waals surface area contributed by atoms with Gasteiger partial charge in [-0.3, -0.25) is 14.9 Å². The van der Waals surface area contributed by atoms with Crippen LogP contribution in [0.4, 0.5) is 5.69 Å². The number of non-ortho nitro benzene ring substituents is 1. The lowest BCUT2D eigenvalue weighted by Crippen LogP contribution is -2.24. The number of amides is 1. The Balaban J connectivity index is 1.55. The first-order valence-electron chi connectivity index (χ1n) is 10.1. The van der Waals surface area contributed by atoms with Crippen molar-refractivity contribution >= 4 is 23.8 Å². The van der Waals surface area contributed by atoms with Crippen LogP contribution in [-0.4, -0.2) is 43.8 Å². The predicted octanol–water partition coefficient (Wildman–Crippen LogP) is 3.36. The number of hydrogen-bond donors (Lipinski definition) is 1. The Kier molecular flexibility index (Phi) is 8.33. The molecule has 0 saturated heterocycles. The zero-order valence-electron chi connectivity index (χ0n) is 18.8. The lowest BCUT2D eigenvalue weighted by atomic mass is 10.2. The van der Waals surface area contributed by atoms with Gasteiger partial charge in [0.25, 0.3) is 11.6 Å². The van der Waals surface area contributed by atoms with E-state index in [9.17, 15) is 19.7 Å². The number of benzene rings is 3. The molecule has 0 saturated carbocycles. The Bertz CT molecular complexity index is 1220. The van der Waals surface area contributed by atoms with Crippen molar-refractivity contribution in [3.8, 4) is 23.0 Å². The Morgan fingerprint density at radius 2 is 1.63 bits per heavy atom. The zero-order chi connectivity index (χ0) is 25.2. The van der Waals surface area contributed by atoms with Gasteiger partial charge in [0, 0.05) is 12.1 Å². The maximum Gasteiger partial charge on any atom is 0.343 e. The van der Waals surface area contributed by atoms with E-state index in [4.69, 9.17) is 18.9 Å². The summed E-state index contributed by atoms with van der Waals surface area (Å²) in [6, 6.07) is 16.5. The molecule has 1 amide bonds. The number of nitrogens with zero attached hydrogens (tertiary/aromatic N) is 2. The van der Waals surface area contributed by atoms with Crippen molar-refractivity contribution in [2.24, 2.45) is 5.10 Å². The molecule has 0 aliphatic heterocycles. The van der Waals surface area contributed by atoms with E-state index in [2.05, 4.69) is 10.5 Å². The van der Waals surface area contributed by atoms with Crippen LogP contribution in [0.5, 0.6) is 23.0 Å². The average Bonchev–Trinajstić information content (AvgIpc) is 2.88. The lowest BCUT2D eigenvalue weighted by molar-refractivity contribution is -0.384. The minimum atomic E-state index is -0.705. The van der Waals surface area contributed by atoms with Crippen molar-refractivity contribution < 1.29 is 33.5 Å². The molecule has 3 aromatic carbocycles. The summed E-state index contributed by atoms with van der Waals surface area (Å²) in [5.41, 5.74) is 2.92. The van der Waals surface area contributed by atoms with Gasteiger partial charge in [-0.2, -0.15) is 5.10 Å². The summed E-state index contributed by atoms with van der Waals surface area (Å²) in [7, 11) is 2.96. The topological polar surface area (TPSA) is 139 Å². The van der Waals surface area contributed by atoms with Gasteiger partial charge in [0.15, 0.2) is 18.1 Å². The summed E-state index contributed by atoms with van der Waals surface area (Å²) in [5.74, 6) is 0.409. The molecule has 1 N–H and O–H groups in total. The van der Waals surface area contributed by atoms with Crippen LogP contribution in [0.1, 0.15) is 15.9 Å². The number of nitro groups is 1. The molecule has 0 unspecified atom stereocenters. The third-order valence-electron chi connectivity index (χ3n) is 4.54. The number of nitro benzene ring substituents is 1. The van der Waals surface area contributed by atoms with E-state index in [0.717, 1.165) is 0 Å². The summed E-state index contributed by atoms with van der Waals surface area (Å²) in [5, 5.41) is 14.6. The number of methoxy groups -OCH3 is 2. The fourth-order valence-corrected chi connectivity index (χ4v) is 2.76. The molecule has 11 heteroatoms. The average molecular weight is 479 g/mol. The van der Waals surface area contributed by atoms with Crippen molar-refractivity contribution in [3.63, 3.8) is 0 Å². The molecular formula is C24H21N3O8. The fraction of sp³-hybridized carbons (Fsp3) is 0.125. The first-order valence-corrected chi connectivity index (χ1v) is 10.1. The first-order chi connectivity index (χ1) is 16.9. The highest BCUT2D eigenvalue weighted by Gasteiger charge is 2.14. The number of hydrazone groups is 1. The normalized spacial score (nSPS) is 10.5. The molecule has 180 valence electrons. The third kappa shape index (κ3) is 7.02. The molecule has 0 fully saturated rings. The van der Waals surface area contributed by atoms with Crippen LogP contribution in [0.25, 0.3) is 0 Å². The fourth-order valence-electron chi connectivity index (χ4n) is 2.76. The van der Waals surface area contributed by atoms with Gasteiger partial charge in [-0.15, -0.1) is 0 Å². The summed E-state index contributed by atoms with van der Waals surface area (Å²) < 4.78 is 21.0. The lowest BCUT2D eigenvalue weighted by Gasteiger charge is -2.10. The number of esters is 1. The van der Waals surface area contributed by atoms with Crippen LogP contribution in [-0.2, 0) is 4.79 Å². The van der Waals surface area contributed by atoms with E-state index in [1.807, 2.05) is 0 Å². The van der Waals surface area contributed by atoms with Crippen LogP contribution in [0.3, 0.4) is 0 Å². The highest BCUT2D eigenvalue weighted by molar-refractivity contribution is 5.92. The number of hydrogen-bond acceptors (Lipinski definition) is 9. The minimum absolute atomic E-state index is 0.137. The van der Waals surface area contributed by atoms with E-state index in [0.29, 0.717) is 17.1 Å². The molecule has 0 bridgehead atoms. The molecule has 0 spiro atoms.